The van der Waals surface area contributed by atoms with Crippen LogP contribution in [0.3, 0.4) is 0 Å². The predicted octanol–water partition coefficient (Wildman–Crippen LogP) is 3.12. The Bertz CT molecular complexity index is 840. The van der Waals surface area contributed by atoms with Crippen molar-refractivity contribution in [3.8, 4) is 5.75 Å². The number of benzene rings is 2. The van der Waals surface area contributed by atoms with Crippen molar-refractivity contribution in [3.05, 3.63) is 63.2 Å². The highest BCUT2D eigenvalue weighted by atomic mass is 35.5. The lowest BCUT2D eigenvalue weighted by atomic mass is 10.2. The number of anilines is 1. The van der Waals surface area contributed by atoms with Gasteiger partial charge in [-0.1, -0.05) is 29.8 Å². The molecule has 9 heteroatoms. The van der Waals surface area contributed by atoms with E-state index in [4.69, 9.17) is 21.1 Å². The Morgan fingerprint density at radius 3 is 2.62 bits per heavy atom. The average molecular weight is 379 g/mol. The molecule has 0 unspecified atom stereocenters. The topological polar surface area (TPSA) is 108 Å². The van der Waals surface area contributed by atoms with Gasteiger partial charge in [0.15, 0.2) is 13.2 Å². The van der Waals surface area contributed by atoms with Crippen LogP contribution in [0.5, 0.6) is 5.75 Å². The Labute approximate surface area is 153 Å². The zero-order chi connectivity index (χ0) is 19.1. The fourth-order valence-electron chi connectivity index (χ4n) is 1.97. The second-order valence-electron chi connectivity index (χ2n) is 5.19. The fourth-order valence-corrected chi connectivity index (χ4v) is 2.16. The lowest BCUT2D eigenvalue weighted by Crippen LogP contribution is -2.23. The monoisotopic (exact) mass is 378 g/mol. The molecular formula is C17H15ClN2O6. The second-order valence-corrected chi connectivity index (χ2v) is 5.59. The van der Waals surface area contributed by atoms with E-state index in [-0.39, 0.29) is 23.0 Å². The molecule has 0 aliphatic rings. The minimum atomic E-state index is -0.717. The van der Waals surface area contributed by atoms with Gasteiger partial charge >= 0.3 is 5.97 Å². The second kappa shape index (κ2) is 8.82. The van der Waals surface area contributed by atoms with Crippen LogP contribution in [-0.4, -0.2) is 30.0 Å². The molecule has 0 aliphatic carbocycles. The molecule has 2 aromatic carbocycles. The first kappa shape index (κ1) is 19.2. The molecule has 0 fully saturated rings. The van der Waals surface area contributed by atoms with Gasteiger partial charge in [0.2, 0.25) is 0 Å². The van der Waals surface area contributed by atoms with E-state index in [1.54, 1.807) is 12.1 Å². The number of ether oxygens (including phenoxy) is 2. The molecule has 0 atom stereocenters. The molecule has 0 bridgehead atoms. The average Bonchev–Trinajstić information content (AvgIpc) is 2.60. The molecule has 0 saturated carbocycles. The molecule has 0 saturated heterocycles. The van der Waals surface area contributed by atoms with Gasteiger partial charge in [0.25, 0.3) is 11.6 Å². The number of esters is 1. The van der Waals surface area contributed by atoms with Crippen molar-refractivity contribution >= 4 is 34.9 Å². The number of nitro groups is 1. The molecule has 1 N–H and O–H groups in total. The van der Waals surface area contributed by atoms with Crippen molar-refractivity contribution in [2.45, 2.75) is 6.92 Å². The summed E-state index contributed by atoms with van der Waals surface area (Å²) in [5.41, 5.74) is 0.689. The van der Waals surface area contributed by atoms with Crippen LogP contribution in [0.4, 0.5) is 11.4 Å². The van der Waals surface area contributed by atoms with Gasteiger partial charge in [-0.15, -0.1) is 0 Å². The van der Waals surface area contributed by atoms with E-state index >= 15 is 0 Å². The van der Waals surface area contributed by atoms with Crippen molar-refractivity contribution in [2.24, 2.45) is 0 Å². The third-order valence-corrected chi connectivity index (χ3v) is 3.55. The summed E-state index contributed by atoms with van der Waals surface area (Å²) in [5, 5.41) is 13.1. The quantitative estimate of drug-likeness (QED) is 0.450. The van der Waals surface area contributed by atoms with E-state index < -0.39 is 23.4 Å². The van der Waals surface area contributed by atoms with Crippen LogP contribution >= 0.6 is 11.6 Å². The SMILES string of the molecule is Cc1ccccc1OCC(=O)OCC(=O)Nc1ccc(Cl)c([N+](=O)[O-])c1. The predicted molar refractivity (Wildman–Crippen MR) is 94.4 cm³/mol. The molecule has 8 nitrogen and oxygen atoms in total. The molecule has 0 aromatic heterocycles. The van der Waals surface area contributed by atoms with Gasteiger partial charge in [0.1, 0.15) is 10.8 Å². The van der Waals surface area contributed by atoms with E-state index in [9.17, 15) is 19.7 Å². The third kappa shape index (κ3) is 5.45. The number of amides is 1. The van der Waals surface area contributed by atoms with Crippen LogP contribution in [0.2, 0.25) is 5.02 Å². The number of nitro benzene ring substituents is 1. The zero-order valence-corrected chi connectivity index (χ0v) is 14.5. The molecule has 0 heterocycles. The molecule has 2 rings (SSSR count). The highest BCUT2D eigenvalue weighted by Crippen LogP contribution is 2.27. The van der Waals surface area contributed by atoms with Crippen molar-refractivity contribution in [1.29, 1.82) is 0 Å². The Morgan fingerprint density at radius 2 is 1.92 bits per heavy atom. The number of hydrogen-bond acceptors (Lipinski definition) is 6. The summed E-state index contributed by atoms with van der Waals surface area (Å²) in [5.74, 6) is -0.821. The van der Waals surface area contributed by atoms with Gasteiger partial charge in [-0.2, -0.15) is 0 Å². The summed E-state index contributed by atoms with van der Waals surface area (Å²) < 4.78 is 10.1. The molecule has 2 aromatic rings. The number of aryl methyl sites for hydroxylation is 1. The van der Waals surface area contributed by atoms with Crippen molar-refractivity contribution in [2.75, 3.05) is 18.5 Å². The lowest BCUT2D eigenvalue weighted by Gasteiger charge is -2.09. The van der Waals surface area contributed by atoms with E-state index in [0.29, 0.717) is 5.75 Å². The number of nitrogens with zero attached hydrogens (tertiary/aromatic N) is 1. The third-order valence-electron chi connectivity index (χ3n) is 3.23. The number of carbonyl (C=O) groups is 2. The first-order valence-electron chi connectivity index (χ1n) is 7.44. The molecule has 1 amide bonds. The highest BCUT2D eigenvalue weighted by Gasteiger charge is 2.15. The minimum absolute atomic E-state index is 0.0484. The van der Waals surface area contributed by atoms with Crippen LogP contribution in [0, 0.1) is 17.0 Å². The fraction of sp³-hybridized carbons (Fsp3) is 0.176. The lowest BCUT2D eigenvalue weighted by molar-refractivity contribution is -0.384. The first-order chi connectivity index (χ1) is 12.4. The molecule has 136 valence electrons. The first-order valence-corrected chi connectivity index (χ1v) is 7.82. The molecule has 0 spiro atoms. The number of halogens is 1. The summed E-state index contributed by atoms with van der Waals surface area (Å²) in [7, 11) is 0. The minimum Gasteiger partial charge on any atom is -0.482 e. The van der Waals surface area contributed by atoms with Crippen LogP contribution in [0.1, 0.15) is 5.56 Å². The van der Waals surface area contributed by atoms with Crippen LogP contribution < -0.4 is 10.1 Å². The van der Waals surface area contributed by atoms with Gasteiger partial charge in [-0.3, -0.25) is 14.9 Å². The summed E-state index contributed by atoms with van der Waals surface area (Å²) in [4.78, 5) is 33.6. The largest absolute Gasteiger partial charge is 0.482 e. The summed E-state index contributed by atoms with van der Waals surface area (Å²) in [6.45, 7) is 0.941. The number of nitrogens with one attached hydrogen (secondary N) is 1. The molecule has 0 radical (unpaired) electrons. The van der Waals surface area contributed by atoms with Gasteiger partial charge in [-0.05, 0) is 30.7 Å². The van der Waals surface area contributed by atoms with Gasteiger partial charge in [-0.25, -0.2) is 4.79 Å². The standard InChI is InChI=1S/C17H15ClN2O6/c1-11-4-2-3-5-15(11)25-10-17(22)26-9-16(21)19-12-6-7-13(18)14(8-12)20(23)24/h2-8H,9-10H2,1H3,(H,19,21). The maximum atomic E-state index is 11.8. The Balaban J connectivity index is 1.81. The van der Waals surface area contributed by atoms with Crippen molar-refractivity contribution in [3.63, 3.8) is 0 Å². The zero-order valence-electron chi connectivity index (χ0n) is 13.7. The normalized spacial score (nSPS) is 10.1. The number of hydrogen-bond donors (Lipinski definition) is 1. The van der Waals surface area contributed by atoms with Crippen LogP contribution in [-0.2, 0) is 14.3 Å². The van der Waals surface area contributed by atoms with Gasteiger partial charge in [0, 0.05) is 11.8 Å². The number of rotatable bonds is 7. The summed E-state index contributed by atoms with van der Waals surface area (Å²) >= 11 is 5.69. The highest BCUT2D eigenvalue weighted by molar-refractivity contribution is 6.32. The number of carbonyl (C=O) groups excluding carboxylic acids is 2. The van der Waals surface area contributed by atoms with Crippen LogP contribution in [0.25, 0.3) is 0 Å². The van der Waals surface area contributed by atoms with Gasteiger partial charge < -0.3 is 14.8 Å². The summed E-state index contributed by atoms with van der Waals surface area (Å²) in [6, 6.07) is 11.0. The van der Waals surface area contributed by atoms with E-state index in [1.807, 2.05) is 19.1 Å². The maximum absolute atomic E-state index is 11.8. The molecule has 26 heavy (non-hydrogen) atoms. The van der Waals surface area contributed by atoms with Crippen LogP contribution in [0.15, 0.2) is 42.5 Å². The van der Waals surface area contributed by atoms with Gasteiger partial charge in [0.05, 0.1) is 4.92 Å². The van der Waals surface area contributed by atoms with Crippen molar-refractivity contribution < 1.29 is 24.0 Å². The Hall–Kier alpha value is -3.13. The van der Waals surface area contributed by atoms with Crippen molar-refractivity contribution in [1.82, 2.24) is 0 Å². The maximum Gasteiger partial charge on any atom is 0.344 e. The Kier molecular flexibility index (Phi) is 6.51. The van der Waals surface area contributed by atoms with E-state index in [2.05, 4.69) is 5.32 Å². The molecular weight excluding hydrogens is 364 g/mol. The smallest absolute Gasteiger partial charge is 0.344 e. The summed E-state index contributed by atoms with van der Waals surface area (Å²) in [6.07, 6.45) is 0. The molecule has 0 aliphatic heterocycles. The Morgan fingerprint density at radius 1 is 1.19 bits per heavy atom. The van der Waals surface area contributed by atoms with E-state index in [0.717, 1.165) is 11.6 Å². The van der Waals surface area contributed by atoms with E-state index in [1.165, 1.54) is 12.1 Å². The number of para-hydroxylation sites is 1.